The van der Waals surface area contributed by atoms with E-state index in [-0.39, 0.29) is 11.2 Å². The second-order valence-corrected chi connectivity index (χ2v) is 4.46. The minimum Gasteiger partial charge on any atom is -0.387 e. The van der Waals surface area contributed by atoms with Crippen LogP contribution in [-0.4, -0.2) is 59.2 Å². The number of aromatic nitrogens is 4. The van der Waals surface area contributed by atoms with Crippen LogP contribution in [0.5, 0.6) is 0 Å². The van der Waals surface area contributed by atoms with E-state index in [9.17, 15) is 19.8 Å². The molecule has 112 valence electrons. The maximum atomic E-state index is 11.6. The first-order valence-corrected chi connectivity index (χ1v) is 5.90. The highest BCUT2D eigenvalue weighted by Gasteiger charge is 2.47. The van der Waals surface area contributed by atoms with Gasteiger partial charge in [0, 0.05) is 0 Å². The van der Waals surface area contributed by atoms with E-state index in [1.54, 1.807) is 0 Å². The number of rotatable bonds is 2. The number of carbonyl (C=O) groups is 1. The Hall–Kier alpha value is -2.34. The molecule has 1 aliphatic heterocycles. The summed E-state index contributed by atoms with van der Waals surface area (Å²) in [6, 6.07) is 0. The molecule has 3 rings (SSSR count). The van der Waals surface area contributed by atoms with Crippen molar-refractivity contribution >= 4 is 17.1 Å². The summed E-state index contributed by atoms with van der Waals surface area (Å²) in [4.78, 5) is 33.0. The van der Waals surface area contributed by atoms with Crippen LogP contribution in [0.2, 0.25) is 0 Å². The minimum atomic E-state index is -1.55. The third-order valence-electron chi connectivity index (χ3n) is 3.25. The topological polar surface area (TPSA) is 163 Å². The van der Waals surface area contributed by atoms with Crippen molar-refractivity contribution in [3.05, 3.63) is 23.0 Å². The summed E-state index contributed by atoms with van der Waals surface area (Å²) < 4.78 is 6.45. The van der Waals surface area contributed by atoms with Gasteiger partial charge in [0.2, 0.25) is 0 Å². The molecule has 0 spiro atoms. The van der Waals surface area contributed by atoms with Crippen molar-refractivity contribution in [3.63, 3.8) is 0 Å². The highest BCUT2D eigenvalue weighted by atomic mass is 16.6. The molecule has 0 aromatic carbocycles. The predicted molar refractivity (Wildman–Crippen MR) is 64.0 cm³/mol. The van der Waals surface area contributed by atoms with Crippen molar-refractivity contribution in [1.82, 2.24) is 25.0 Å². The van der Waals surface area contributed by atoms with Crippen LogP contribution in [0.4, 0.5) is 0 Å². The average molecular weight is 297 g/mol. The van der Waals surface area contributed by atoms with Gasteiger partial charge in [0.25, 0.3) is 11.5 Å². The first-order chi connectivity index (χ1) is 10.0. The molecule has 1 fully saturated rings. The van der Waals surface area contributed by atoms with Crippen LogP contribution in [0.25, 0.3) is 11.2 Å². The number of aromatic amines is 1. The number of hydrogen-bond acceptors (Lipinski definition) is 8. The lowest BCUT2D eigenvalue weighted by molar-refractivity contribution is -0.146. The SMILES string of the molecule is O=C(NO)[C@H]1O[C@@H](n2cnc3c(=O)[nH]cnc32)[C@H](O)[C@@H]1O. The van der Waals surface area contributed by atoms with Crippen LogP contribution in [-0.2, 0) is 9.53 Å². The Kier molecular flexibility index (Phi) is 3.17. The summed E-state index contributed by atoms with van der Waals surface area (Å²) in [5, 5.41) is 28.3. The fourth-order valence-electron chi connectivity index (χ4n) is 2.22. The normalized spacial score (nSPS) is 28.9. The number of fused-ring (bicyclic) bond motifs is 1. The standard InChI is InChI=1S/C10H11N5O6/c16-4-5(17)10(21-6(4)9(19)14-20)15-2-13-3-7(15)11-1-12-8(3)18/h1-2,4-6,10,16-17,20H,(H,14,19)(H,11,12,18)/t4-,5+,6-,10+/m0/s1. The molecule has 2 aromatic heterocycles. The van der Waals surface area contributed by atoms with Crippen molar-refractivity contribution in [2.24, 2.45) is 0 Å². The summed E-state index contributed by atoms with van der Waals surface area (Å²) in [7, 11) is 0. The van der Waals surface area contributed by atoms with Crippen molar-refractivity contribution in [1.29, 1.82) is 0 Å². The summed E-state index contributed by atoms with van der Waals surface area (Å²) in [6.45, 7) is 0. The van der Waals surface area contributed by atoms with Gasteiger partial charge in [-0.3, -0.25) is 19.4 Å². The van der Waals surface area contributed by atoms with Crippen molar-refractivity contribution in [2.75, 3.05) is 0 Å². The van der Waals surface area contributed by atoms with Crippen LogP contribution < -0.4 is 11.0 Å². The maximum Gasteiger partial charge on any atom is 0.278 e. The number of aliphatic hydroxyl groups is 2. The fraction of sp³-hybridized carbons (Fsp3) is 0.400. The highest BCUT2D eigenvalue weighted by molar-refractivity contribution is 5.80. The second-order valence-electron chi connectivity index (χ2n) is 4.46. The second kappa shape index (κ2) is 4.89. The van der Waals surface area contributed by atoms with Gasteiger partial charge in [0.1, 0.15) is 12.2 Å². The predicted octanol–water partition coefficient (Wildman–Crippen LogP) is -2.76. The molecule has 0 radical (unpaired) electrons. The zero-order chi connectivity index (χ0) is 15.1. The van der Waals surface area contributed by atoms with E-state index in [0.717, 1.165) is 6.33 Å². The number of hydroxylamine groups is 1. The average Bonchev–Trinajstić information content (AvgIpc) is 3.02. The molecule has 11 heteroatoms. The van der Waals surface area contributed by atoms with Gasteiger partial charge >= 0.3 is 0 Å². The van der Waals surface area contributed by atoms with E-state index in [4.69, 9.17) is 9.94 Å². The van der Waals surface area contributed by atoms with Gasteiger partial charge in [0.15, 0.2) is 23.5 Å². The highest BCUT2D eigenvalue weighted by Crippen LogP contribution is 2.30. The Morgan fingerprint density at radius 1 is 1.38 bits per heavy atom. The van der Waals surface area contributed by atoms with E-state index in [1.165, 1.54) is 16.4 Å². The molecule has 3 heterocycles. The zero-order valence-corrected chi connectivity index (χ0v) is 10.4. The number of nitrogens with zero attached hydrogens (tertiary/aromatic N) is 3. The fourth-order valence-corrected chi connectivity index (χ4v) is 2.22. The first-order valence-electron chi connectivity index (χ1n) is 5.90. The molecule has 0 saturated carbocycles. The monoisotopic (exact) mass is 297 g/mol. The van der Waals surface area contributed by atoms with Crippen LogP contribution in [0.1, 0.15) is 6.23 Å². The van der Waals surface area contributed by atoms with Crippen molar-refractivity contribution < 1.29 is 25.0 Å². The largest absolute Gasteiger partial charge is 0.387 e. The number of H-pyrrole nitrogens is 1. The summed E-state index contributed by atoms with van der Waals surface area (Å²) in [5.41, 5.74) is 1.01. The van der Waals surface area contributed by atoms with Gasteiger partial charge in [-0.05, 0) is 0 Å². The molecule has 0 bridgehead atoms. The lowest BCUT2D eigenvalue weighted by Crippen LogP contribution is -2.41. The minimum absolute atomic E-state index is 0.0258. The Balaban J connectivity index is 2.02. The smallest absolute Gasteiger partial charge is 0.278 e. The number of amides is 1. The Labute approximate surface area is 115 Å². The van der Waals surface area contributed by atoms with Crippen LogP contribution in [0.15, 0.2) is 17.4 Å². The maximum absolute atomic E-state index is 11.6. The summed E-state index contributed by atoms with van der Waals surface area (Å²) >= 11 is 0. The van der Waals surface area contributed by atoms with E-state index < -0.39 is 36.0 Å². The quantitative estimate of drug-likeness (QED) is 0.294. The summed E-state index contributed by atoms with van der Waals surface area (Å²) in [5.74, 6) is -1.00. The van der Waals surface area contributed by atoms with Gasteiger partial charge in [-0.25, -0.2) is 15.4 Å². The molecule has 1 aliphatic rings. The van der Waals surface area contributed by atoms with Gasteiger partial charge in [-0.15, -0.1) is 0 Å². The molecule has 21 heavy (non-hydrogen) atoms. The number of carbonyl (C=O) groups excluding carboxylic acids is 1. The van der Waals surface area contributed by atoms with E-state index in [1.807, 2.05) is 0 Å². The molecule has 0 unspecified atom stereocenters. The lowest BCUT2D eigenvalue weighted by atomic mass is 10.1. The molecule has 2 aromatic rings. The van der Waals surface area contributed by atoms with Gasteiger partial charge in [0.05, 0.1) is 12.7 Å². The Morgan fingerprint density at radius 2 is 2.14 bits per heavy atom. The third-order valence-corrected chi connectivity index (χ3v) is 3.25. The van der Waals surface area contributed by atoms with Crippen LogP contribution in [0.3, 0.4) is 0 Å². The molecule has 4 atom stereocenters. The van der Waals surface area contributed by atoms with Crippen molar-refractivity contribution in [2.45, 2.75) is 24.5 Å². The number of imidazole rings is 1. The van der Waals surface area contributed by atoms with E-state index in [2.05, 4.69) is 15.0 Å². The molecule has 1 amide bonds. The Morgan fingerprint density at radius 3 is 2.86 bits per heavy atom. The number of hydrogen-bond donors (Lipinski definition) is 5. The molecule has 5 N–H and O–H groups in total. The van der Waals surface area contributed by atoms with Gasteiger partial charge in [-0.1, -0.05) is 0 Å². The first kappa shape index (κ1) is 13.6. The summed E-state index contributed by atoms with van der Waals surface area (Å²) in [6.07, 6.45) is -3.31. The van der Waals surface area contributed by atoms with Gasteiger partial charge < -0.3 is 19.9 Å². The van der Waals surface area contributed by atoms with Crippen LogP contribution in [0, 0.1) is 0 Å². The molecule has 1 saturated heterocycles. The number of aliphatic hydroxyl groups excluding tert-OH is 2. The van der Waals surface area contributed by atoms with Crippen molar-refractivity contribution in [3.8, 4) is 0 Å². The van der Waals surface area contributed by atoms with Gasteiger partial charge in [-0.2, -0.15) is 0 Å². The molecule has 11 nitrogen and oxygen atoms in total. The van der Waals surface area contributed by atoms with Crippen LogP contribution >= 0.6 is 0 Å². The van der Waals surface area contributed by atoms with E-state index in [0.29, 0.717) is 0 Å². The molecular weight excluding hydrogens is 286 g/mol. The lowest BCUT2D eigenvalue weighted by Gasteiger charge is -2.16. The zero-order valence-electron chi connectivity index (χ0n) is 10.4. The van der Waals surface area contributed by atoms with E-state index >= 15 is 0 Å². The molecule has 0 aliphatic carbocycles. The number of ether oxygens (including phenoxy) is 1. The number of nitrogens with one attached hydrogen (secondary N) is 2. The third kappa shape index (κ3) is 1.99. The Bertz CT molecular complexity index is 741. The molecular formula is C10H11N5O6.